The molecule has 22 heavy (non-hydrogen) atoms. The van der Waals surface area contributed by atoms with Crippen molar-refractivity contribution in [1.29, 1.82) is 0 Å². The van der Waals surface area contributed by atoms with Gasteiger partial charge in [-0.25, -0.2) is 0 Å². The van der Waals surface area contributed by atoms with Crippen molar-refractivity contribution in [3.8, 4) is 0 Å². The Balaban J connectivity index is 1.79. The first-order chi connectivity index (χ1) is 10.6. The third-order valence-corrected chi connectivity index (χ3v) is 4.71. The van der Waals surface area contributed by atoms with Gasteiger partial charge in [0, 0.05) is 24.7 Å². The lowest BCUT2D eigenvalue weighted by atomic mass is 10.00. The maximum Gasteiger partial charge on any atom is 0.225 e. The van der Waals surface area contributed by atoms with Gasteiger partial charge in [0.2, 0.25) is 5.91 Å². The van der Waals surface area contributed by atoms with Gasteiger partial charge < -0.3 is 5.32 Å². The largest absolute Gasteiger partial charge is 0.326 e. The van der Waals surface area contributed by atoms with E-state index >= 15 is 0 Å². The van der Waals surface area contributed by atoms with E-state index in [1.807, 2.05) is 12.1 Å². The van der Waals surface area contributed by atoms with Crippen LogP contribution in [0.1, 0.15) is 64.4 Å². The highest BCUT2D eigenvalue weighted by Gasteiger charge is 2.20. The van der Waals surface area contributed by atoms with E-state index in [9.17, 15) is 4.79 Å². The van der Waals surface area contributed by atoms with Gasteiger partial charge in [-0.05, 0) is 49.4 Å². The van der Waals surface area contributed by atoms with Crippen molar-refractivity contribution in [1.82, 2.24) is 4.90 Å². The Hall–Kier alpha value is -1.35. The van der Waals surface area contributed by atoms with E-state index in [0.29, 0.717) is 18.4 Å². The van der Waals surface area contributed by atoms with Crippen LogP contribution in [0, 0.1) is 0 Å². The molecule has 1 amide bonds. The normalized spacial score (nSPS) is 19.4. The number of piperidine rings is 1. The van der Waals surface area contributed by atoms with Crippen molar-refractivity contribution in [2.24, 2.45) is 0 Å². The molecule has 1 atom stereocenters. The molecule has 1 aromatic rings. The molecule has 1 aromatic carbocycles. The second-order valence-corrected chi connectivity index (χ2v) is 6.67. The van der Waals surface area contributed by atoms with Crippen LogP contribution in [0.5, 0.6) is 0 Å². The van der Waals surface area contributed by atoms with E-state index in [1.54, 1.807) is 0 Å². The molecular formula is C19H30N2O. The molecule has 0 bridgehead atoms. The first kappa shape index (κ1) is 17.0. The van der Waals surface area contributed by atoms with Crippen LogP contribution in [0.3, 0.4) is 0 Å². The number of benzene rings is 1. The summed E-state index contributed by atoms with van der Waals surface area (Å²) in [5.41, 5.74) is 2.21. The van der Waals surface area contributed by atoms with Crippen LogP contribution in [-0.4, -0.2) is 29.9 Å². The van der Waals surface area contributed by atoms with Crippen LogP contribution in [-0.2, 0) is 4.79 Å². The molecule has 2 rings (SSSR count). The lowest BCUT2D eigenvalue weighted by Gasteiger charge is -2.35. The van der Waals surface area contributed by atoms with Crippen LogP contribution in [0.2, 0.25) is 0 Å². The van der Waals surface area contributed by atoms with Gasteiger partial charge in [-0.2, -0.15) is 0 Å². The van der Waals surface area contributed by atoms with E-state index in [0.717, 1.165) is 18.8 Å². The molecule has 0 aliphatic carbocycles. The Morgan fingerprint density at radius 2 is 2.00 bits per heavy atom. The zero-order chi connectivity index (χ0) is 15.9. The number of hydrogen-bond donors (Lipinski definition) is 1. The van der Waals surface area contributed by atoms with E-state index in [2.05, 4.69) is 43.1 Å². The van der Waals surface area contributed by atoms with E-state index in [4.69, 9.17) is 0 Å². The highest BCUT2D eigenvalue weighted by atomic mass is 16.1. The lowest BCUT2D eigenvalue weighted by Crippen LogP contribution is -2.40. The third kappa shape index (κ3) is 4.84. The number of carbonyl (C=O) groups is 1. The fraction of sp³-hybridized carbons (Fsp3) is 0.632. The van der Waals surface area contributed by atoms with Gasteiger partial charge in [-0.15, -0.1) is 0 Å². The van der Waals surface area contributed by atoms with E-state index < -0.39 is 0 Å². The first-order valence-corrected chi connectivity index (χ1v) is 8.74. The number of likely N-dealkylation sites (tertiary alicyclic amines) is 1. The molecule has 1 heterocycles. The Bertz CT molecular complexity index is 467. The van der Waals surface area contributed by atoms with Crippen molar-refractivity contribution in [3.05, 3.63) is 29.8 Å². The highest BCUT2D eigenvalue weighted by Crippen LogP contribution is 2.20. The zero-order valence-electron chi connectivity index (χ0n) is 14.3. The number of nitrogens with zero attached hydrogens (tertiary/aromatic N) is 1. The van der Waals surface area contributed by atoms with E-state index in [-0.39, 0.29) is 5.91 Å². The predicted molar refractivity (Wildman–Crippen MR) is 93.3 cm³/mol. The quantitative estimate of drug-likeness (QED) is 0.844. The molecule has 1 N–H and O–H groups in total. The van der Waals surface area contributed by atoms with Crippen LogP contribution >= 0.6 is 0 Å². The summed E-state index contributed by atoms with van der Waals surface area (Å²) in [6.07, 6.45) is 5.67. The summed E-state index contributed by atoms with van der Waals surface area (Å²) >= 11 is 0. The van der Waals surface area contributed by atoms with Gasteiger partial charge in [0.15, 0.2) is 0 Å². The molecule has 1 fully saturated rings. The molecule has 3 heteroatoms. The maximum absolute atomic E-state index is 12.1. The molecule has 1 aliphatic heterocycles. The maximum atomic E-state index is 12.1. The second kappa shape index (κ2) is 8.33. The predicted octanol–water partition coefficient (Wildman–Crippen LogP) is 4.40. The third-order valence-electron chi connectivity index (χ3n) is 4.71. The number of anilines is 1. The minimum absolute atomic E-state index is 0.123. The smallest absolute Gasteiger partial charge is 0.225 e. The summed E-state index contributed by atoms with van der Waals surface area (Å²) in [6, 6.07) is 8.87. The summed E-state index contributed by atoms with van der Waals surface area (Å²) in [7, 11) is 0. The minimum atomic E-state index is 0.123. The van der Waals surface area contributed by atoms with Gasteiger partial charge >= 0.3 is 0 Å². The Morgan fingerprint density at radius 3 is 2.64 bits per heavy atom. The van der Waals surface area contributed by atoms with Gasteiger partial charge in [0.1, 0.15) is 0 Å². The average molecular weight is 302 g/mol. The van der Waals surface area contributed by atoms with Crippen molar-refractivity contribution < 1.29 is 4.79 Å². The molecule has 1 aliphatic rings. The molecule has 0 spiro atoms. The molecule has 1 unspecified atom stereocenters. The number of nitrogens with one attached hydrogen (secondary N) is 1. The van der Waals surface area contributed by atoms with Crippen LogP contribution in [0.15, 0.2) is 24.3 Å². The van der Waals surface area contributed by atoms with Crippen molar-refractivity contribution >= 4 is 11.6 Å². The Morgan fingerprint density at radius 1 is 1.27 bits per heavy atom. The fourth-order valence-corrected chi connectivity index (χ4v) is 3.24. The van der Waals surface area contributed by atoms with Crippen molar-refractivity contribution in [2.45, 2.75) is 64.8 Å². The second-order valence-electron chi connectivity index (χ2n) is 6.67. The SMILES string of the molecule is CCC1CCCCN1CCC(=O)Nc1ccc(C(C)C)cc1. The average Bonchev–Trinajstić information content (AvgIpc) is 2.53. The van der Waals surface area contributed by atoms with Gasteiger partial charge in [-0.3, -0.25) is 9.69 Å². The molecular weight excluding hydrogens is 272 g/mol. The highest BCUT2D eigenvalue weighted by molar-refractivity contribution is 5.90. The number of carbonyl (C=O) groups excluding carboxylic acids is 1. The Labute approximate surface area is 135 Å². The van der Waals surface area contributed by atoms with Crippen molar-refractivity contribution in [2.75, 3.05) is 18.4 Å². The molecule has 1 saturated heterocycles. The standard InChI is InChI=1S/C19H30N2O/c1-4-18-7-5-6-13-21(18)14-12-19(22)20-17-10-8-16(9-11-17)15(2)3/h8-11,15,18H,4-7,12-14H2,1-3H3,(H,20,22). The topological polar surface area (TPSA) is 32.3 Å². The summed E-state index contributed by atoms with van der Waals surface area (Å²) in [4.78, 5) is 14.6. The monoisotopic (exact) mass is 302 g/mol. The summed E-state index contributed by atoms with van der Waals surface area (Å²) in [6.45, 7) is 8.63. The van der Waals surface area contributed by atoms with Gasteiger partial charge in [0.25, 0.3) is 0 Å². The van der Waals surface area contributed by atoms with E-state index in [1.165, 1.54) is 31.2 Å². The van der Waals surface area contributed by atoms with Crippen LogP contribution < -0.4 is 5.32 Å². The Kier molecular flexibility index (Phi) is 6.44. The molecule has 0 aromatic heterocycles. The first-order valence-electron chi connectivity index (χ1n) is 8.74. The number of amides is 1. The summed E-state index contributed by atoms with van der Waals surface area (Å²) < 4.78 is 0. The zero-order valence-corrected chi connectivity index (χ0v) is 14.3. The van der Waals surface area contributed by atoms with Crippen LogP contribution in [0.4, 0.5) is 5.69 Å². The summed E-state index contributed by atoms with van der Waals surface area (Å²) in [5.74, 6) is 0.646. The number of hydrogen-bond acceptors (Lipinski definition) is 2. The number of rotatable bonds is 6. The lowest BCUT2D eigenvalue weighted by molar-refractivity contribution is -0.116. The van der Waals surface area contributed by atoms with Crippen molar-refractivity contribution in [3.63, 3.8) is 0 Å². The van der Waals surface area contributed by atoms with Gasteiger partial charge in [-0.1, -0.05) is 39.3 Å². The minimum Gasteiger partial charge on any atom is -0.326 e. The summed E-state index contributed by atoms with van der Waals surface area (Å²) in [5, 5.41) is 3.01. The molecule has 3 nitrogen and oxygen atoms in total. The van der Waals surface area contributed by atoms with Gasteiger partial charge in [0.05, 0.1) is 0 Å². The van der Waals surface area contributed by atoms with Crippen LogP contribution in [0.25, 0.3) is 0 Å². The fourth-order valence-electron chi connectivity index (χ4n) is 3.24. The molecule has 0 radical (unpaired) electrons. The molecule has 122 valence electrons. The molecule has 0 saturated carbocycles.